The van der Waals surface area contributed by atoms with Crippen molar-refractivity contribution in [3.8, 4) is 0 Å². The summed E-state index contributed by atoms with van der Waals surface area (Å²) in [6, 6.07) is 12.3. The van der Waals surface area contributed by atoms with E-state index in [2.05, 4.69) is 15.8 Å². The summed E-state index contributed by atoms with van der Waals surface area (Å²) >= 11 is 11.8. The highest BCUT2D eigenvalue weighted by molar-refractivity contribution is 6.31. The van der Waals surface area contributed by atoms with Crippen molar-refractivity contribution in [3.05, 3.63) is 63.6 Å². The van der Waals surface area contributed by atoms with Crippen LogP contribution in [0.15, 0.2) is 47.6 Å². The van der Waals surface area contributed by atoms with Gasteiger partial charge in [0.2, 0.25) is 11.8 Å². The molecule has 0 unspecified atom stereocenters. The molecule has 0 saturated heterocycles. The van der Waals surface area contributed by atoms with Crippen LogP contribution >= 0.6 is 23.2 Å². The lowest BCUT2D eigenvalue weighted by molar-refractivity contribution is -0.124. The van der Waals surface area contributed by atoms with E-state index in [0.717, 1.165) is 11.1 Å². The topological polar surface area (TPSA) is 70.6 Å². The van der Waals surface area contributed by atoms with E-state index in [-0.39, 0.29) is 24.7 Å². The minimum absolute atomic E-state index is 0.0312. The summed E-state index contributed by atoms with van der Waals surface area (Å²) < 4.78 is 0. The van der Waals surface area contributed by atoms with Gasteiger partial charge in [0.1, 0.15) is 0 Å². The van der Waals surface area contributed by atoms with Crippen LogP contribution in [0.2, 0.25) is 10.0 Å². The van der Waals surface area contributed by atoms with Gasteiger partial charge in [0.05, 0.1) is 6.21 Å². The fourth-order valence-electron chi connectivity index (χ4n) is 1.97. The Morgan fingerprint density at radius 1 is 1.04 bits per heavy atom. The molecule has 0 aromatic heterocycles. The van der Waals surface area contributed by atoms with Crippen molar-refractivity contribution < 1.29 is 9.59 Å². The summed E-state index contributed by atoms with van der Waals surface area (Å²) in [6.07, 6.45) is 1.58. The number of nitrogens with one attached hydrogen (secondary N) is 2. The van der Waals surface area contributed by atoms with Crippen LogP contribution in [-0.4, -0.2) is 18.0 Å². The number of nitrogens with zero attached hydrogens (tertiary/aromatic N) is 1. The fourth-order valence-corrected chi connectivity index (χ4v) is 2.27. The summed E-state index contributed by atoms with van der Waals surface area (Å²) in [5, 5.41) is 7.78. The quantitative estimate of drug-likeness (QED) is 0.585. The van der Waals surface area contributed by atoms with E-state index in [1.54, 1.807) is 42.5 Å². The van der Waals surface area contributed by atoms with Gasteiger partial charge < -0.3 is 5.32 Å². The first-order valence-corrected chi connectivity index (χ1v) is 8.34. The zero-order chi connectivity index (χ0) is 18.2. The van der Waals surface area contributed by atoms with Gasteiger partial charge in [-0.15, -0.1) is 0 Å². The molecule has 0 heterocycles. The van der Waals surface area contributed by atoms with Crippen LogP contribution in [0, 0.1) is 6.92 Å². The Kier molecular flexibility index (Phi) is 6.98. The number of rotatable bonds is 6. The maximum Gasteiger partial charge on any atom is 0.240 e. The minimum Gasteiger partial charge on any atom is -0.326 e. The van der Waals surface area contributed by atoms with Gasteiger partial charge in [-0.3, -0.25) is 9.59 Å². The molecule has 0 radical (unpaired) electrons. The fraction of sp³-hybridized carbons (Fsp3) is 0.167. The van der Waals surface area contributed by atoms with Gasteiger partial charge in [0.25, 0.3) is 0 Å². The number of hydrazone groups is 1. The standard InChI is InChI=1S/C18H17Cl2N3O2/c1-12-15(20)3-2-4-16(12)22-17(24)9-10-18(25)23-21-11-13-5-7-14(19)8-6-13/h2-8,11H,9-10H2,1H3,(H,22,24)(H,23,25)/b21-11+. The van der Waals surface area contributed by atoms with E-state index >= 15 is 0 Å². The van der Waals surface area contributed by atoms with Gasteiger partial charge in [-0.1, -0.05) is 41.4 Å². The first-order chi connectivity index (χ1) is 12.0. The monoisotopic (exact) mass is 377 g/mol. The SMILES string of the molecule is Cc1c(Cl)cccc1NC(=O)CCC(=O)N/N=C/c1ccc(Cl)cc1. The van der Waals surface area contributed by atoms with Gasteiger partial charge in [0, 0.05) is 28.6 Å². The molecule has 0 atom stereocenters. The maximum atomic E-state index is 11.9. The second-order valence-electron chi connectivity index (χ2n) is 5.31. The summed E-state index contributed by atoms with van der Waals surface area (Å²) in [4.78, 5) is 23.6. The van der Waals surface area contributed by atoms with Gasteiger partial charge in [-0.05, 0) is 42.3 Å². The molecule has 130 valence electrons. The Morgan fingerprint density at radius 2 is 1.72 bits per heavy atom. The van der Waals surface area contributed by atoms with Crippen molar-refractivity contribution in [2.45, 2.75) is 19.8 Å². The number of halogens is 2. The predicted octanol–water partition coefficient (Wildman–Crippen LogP) is 4.17. The molecule has 0 aliphatic rings. The van der Waals surface area contributed by atoms with E-state index in [9.17, 15) is 9.59 Å². The molecule has 0 aliphatic heterocycles. The molecule has 2 amide bonds. The van der Waals surface area contributed by atoms with Crippen LogP contribution in [0.5, 0.6) is 0 Å². The molecular weight excluding hydrogens is 361 g/mol. The van der Waals surface area contributed by atoms with Gasteiger partial charge in [-0.2, -0.15) is 5.10 Å². The van der Waals surface area contributed by atoms with Crippen molar-refractivity contribution >= 4 is 46.9 Å². The number of carbonyl (C=O) groups excluding carboxylic acids is 2. The first-order valence-electron chi connectivity index (χ1n) is 7.58. The van der Waals surface area contributed by atoms with E-state index in [1.165, 1.54) is 6.21 Å². The second kappa shape index (κ2) is 9.20. The number of hydrogen-bond acceptors (Lipinski definition) is 3. The smallest absolute Gasteiger partial charge is 0.240 e. The molecule has 0 saturated carbocycles. The second-order valence-corrected chi connectivity index (χ2v) is 6.15. The zero-order valence-corrected chi connectivity index (χ0v) is 15.1. The summed E-state index contributed by atoms with van der Waals surface area (Å²) in [5.41, 5.74) is 4.61. The Balaban J connectivity index is 1.76. The third-order valence-corrected chi connectivity index (χ3v) is 4.06. The number of anilines is 1. The minimum atomic E-state index is -0.344. The molecule has 5 nitrogen and oxygen atoms in total. The van der Waals surface area contributed by atoms with Crippen LogP contribution in [0.25, 0.3) is 0 Å². The van der Waals surface area contributed by atoms with E-state index in [4.69, 9.17) is 23.2 Å². The lowest BCUT2D eigenvalue weighted by Gasteiger charge is -2.09. The van der Waals surface area contributed by atoms with Crippen LogP contribution < -0.4 is 10.7 Å². The third-order valence-electron chi connectivity index (χ3n) is 3.39. The summed E-state index contributed by atoms with van der Waals surface area (Å²) in [6.45, 7) is 1.82. The van der Waals surface area contributed by atoms with Crippen molar-refractivity contribution in [2.75, 3.05) is 5.32 Å². The Bertz CT molecular complexity index is 789. The molecule has 25 heavy (non-hydrogen) atoms. The summed E-state index contributed by atoms with van der Waals surface area (Å²) in [7, 11) is 0. The molecule has 0 fully saturated rings. The molecule has 2 aromatic carbocycles. The molecule has 7 heteroatoms. The summed E-state index contributed by atoms with van der Waals surface area (Å²) in [5.74, 6) is -0.606. The largest absolute Gasteiger partial charge is 0.326 e. The number of benzene rings is 2. The number of amides is 2. The van der Waals surface area contributed by atoms with Gasteiger partial charge >= 0.3 is 0 Å². The highest BCUT2D eigenvalue weighted by atomic mass is 35.5. The van der Waals surface area contributed by atoms with Gasteiger partial charge in [0.15, 0.2) is 0 Å². The lowest BCUT2D eigenvalue weighted by Crippen LogP contribution is -2.20. The van der Waals surface area contributed by atoms with E-state index in [0.29, 0.717) is 15.7 Å². The molecule has 0 aliphatic carbocycles. The molecule has 2 rings (SSSR count). The molecule has 0 bridgehead atoms. The highest BCUT2D eigenvalue weighted by Crippen LogP contribution is 2.23. The first kappa shape index (κ1) is 19.0. The van der Waals surface area contributed by atoms with Gasteiger partial charge in [-0.25, -0.2) is 5.43 Å². The third kappa shape index (κ3) is 6.21. The molecule has 0 spiro atoms. The Hall–Kier alpha value is -2.37. The molecular formula is C18H17Cl2N3O2. The van der Waals surface area contributed by atoms with Crippen molar-refractivity contribution in [2.24, 2.45) is 5.10 Å². The van der Waals surface area contributed by atoms with Crippen LogP contribution in [0.4, 0.5) is 5.69 Å². The lowest BCUT2D eigenvalue weighted by atomic mass is 10.2. The normalized spacial score (nSPS) is 10.7. The number of carbonyl (C=O) groups is 2. The van der Waals surface area contributed by atoms with E-state index in [1.807, 2.05) is 6.92 Å². The Labute approximate surface area is 156 Å². The zero-order valence-electron chi connectivity index (χ0n) is 13.6. The predicted molar refractivity (Wildman–Crippen MR) is 101 cm³/mol. The van der Waals surface area contributed by atoms with Crippen LogP contribution in [0.1, 0.15) is 24.0 Å². The average Bonchev–Trinajstić information content (AvgIpc) is 2.59. The van der Waals surface area contributed by atoms with Crippen molar-refractivity contribution in [1.82, 2.24) is 5.43 Å². The highest BCUT2D eigenvalue weighted by Gasteiger charge is 2.09. The van der Waals surface area contributed by atoms with E-state index < -0.39 is 0 Å². The molecule has 2 N–H and O–H groups in total. The van der Waals surface area contributed by atoms with Crippen molar-refractivity contribution in [3.63, 3.8) is 0 Å². The van der Waals surface area contributed by atoms with Crippen LogP contribution in [0.3, 0.4) is 0 Å². The molecule has 2 aromatic rings. The average molecular weight is 378 g/mol. The van der Waals surface area contributed by atoms with Crippen molar-refractivity contribution in [1.29, 1.82) is 0 Å². The number of hydrogen-bond donors (Lipinski definition) is 2. The maximum absolute atomic E-state index is 11.9. The van der Waals surface area contributed by atoms with Crippen LogP contribution in [-0.2, 0) is 9.59 Å². The Morgan fingerprint density at radius 3 is 2.44 bits per heavy atom.